The van der Waals surface area contributed by atoms with Gasteiger partial charge in [0.1, 0.15) is 0 Å². The first-order valence-corrected chi connectivity index (χ1v) is 9.54. The maximum absolute atomic E-state index is 12.2. The van der Waals surface area contributed by atoms with E-state index in [1.807, 2.05) is 11.0 Å². The van der Waals surface area contributed by atoms with Gasteiger partial charge < -0.3 is 14.6 Å². The fraction of sp³-hybridized carbons (Fsp3) is 0.368. The highest BCUT2D eigenvalue weighted by Crippen LogP contribution is 2.21. The summed E-state index contributed by atoms with van der Waals surface area (Å²) in [4.78, 5) is 28.2. The largest absolute Gasteiger partial charge is 0.459 e. The van der Waals surface area contributed by atoms with Gasteiger partial charge in [0.2, 0.25) is 5.91 Å². The molecule has 0 spiro atoms. The van der Waals surface area contributed by atoms with Crippen molar-refractivity contribution < 1.29 is 14.0 Å². The highest BCUT2D eigenvalue weighted by atomic mass is 35.5. The van der Waals surface area contributed by atoms with Crippen LogP contribution >= 0.6 is 23.2 Å². The van der Waals surface area contributed by atoms with Crippen molar-refractivity contribution in [1.29, 1.82) is 0 Å². The molecule has 1 aliphatic heterocycles. The summed E-state index contributed by atoms with van der Waals surface area (Å²) in [5, 5.41) is 4.11. The minimum absolute atomic E-state index is 0.0362. The molecule has 1 saturated heterocycles. The van der Waals surface area contributed by atoms with E-state index in [4.69, 9.17) is 27.6 Å². The summed E-state index contributed by atoms with van der Waals surface area (Å²) in [6, 6.07) is 8.71. The second-order valence-corrected chi connectivity index (χ2v) is 7.22. The number of hydrogen-bond acceptors (Lipinski definition) is 4. The molecule has 1 N–H and O–H groups in total. The third-order valence-corrected chi connectivity index (χ3v) is 5.08. The molecule has 0 radical (unpaired) electrons. The first kappa shape index (κ1) is 19.7. The first-order chi connectivity index (χ1) is 13.0. The van der Waals surface area contributed by atoms with Crippen LogP contribution in [0.1, 0.15) is 16.1 Å². The number of amides is 2. The second-order valence-electron chi connectivity index (χ2n) is 6.38. The average Bonchev–Trinajstić information content (AvgIpc) is 3.18. The quantitative estimate of drug-likeness (QED) is 0.796. The normalized spacial score (nSPS) is 15.0. The van der Waals surface area contributed by atoms with Gasteiger partial charge in [0.15, 0.2) is 5.76 Å². The molecular weight excluding hydrogens is 389 g/mol. The predicted molar refractivity (Wildman–Crippen MR) is 104 cm³/mol. The molecule has 2 amide bonds. The van der Waals surface area contributed by atoms with Gasteiger partial charge in [0.25, 0.3) is 5.91 Å². The molecule has 0 aliphatic carbocycles. The number of carbonyl (C=O) groups is 2. The minimum atomic E-state index is -0.107. The van der Waals surface area contributed by atoms with Gasteiger partial charge in [-0.25, -0.2) is 0 Å². The molecule has 1 fully saturated rings. The summed E-state index contributed by atoms with van der Waals surface area (Å²) >= 11 is 12.0. The standard InChI is InChI=1S/C19H21Cl2N3O3/c20-15-4-3-14(16(21)12-15)5-6-22-18(25)13-23-7-9-24(10-8-23)19(26)17-2-1-11-27-17/h1-4,11-12H,5-10,13H2,(H,22,25). The monoisotopic (exact) mass is 409 g/mol. The SMILES string of the molecule is O=C(CN1CCN(C(=O)c2ccco2)CC1)NCCc1ccc(Cl)cc1Cl. The highest BCUT2D eigenvalue weighted by Gasteiger charge is 2.24. The minimum Gasteiger partial charge on any atom is -0.459 e. The van der Waals surface area contributed by atoms with Crippen LogP contribution in [0, 0.1) is 0 Å². The summed E-state index contributed by atoms with van der Waals surface area (Å²) < 4.78 is 5.15. The van der Waals surface area contributed by atoms with E-state index in [0.717, 1.165) is 5.56 Å². The molecule has 6 nitrogen and oxygen atoms in total. The molecule has 8 heteroatoms. The van der Waals surface area contributed by atoms with Crippen LogP contribution in [0.2, 0.25) is 10.0 Å². The topological polar surface area (TPSA) is 65.8 Å². The Morgan fingerprint density at radius 3 is 2.56 bits per heavy atom. The molecule has 0 atom stereocenters. The van der Waals surface area contributed by atoms with Crippen molar-refractivity contribution in [1.82, 2.24) is 15.1 Å². The van der Waals surface area contributed by atoms with E-state index in [-0.39, 0.29) is 11.8 Å². The number of carbonyl (C=O) groups excluding carboxylic acids is 2. The number of nitrogens with zero attached hydrogens (tertiary/aromatic N) is 2. The maximum Gasteiger partial charge on any atom is 0.289 e. The molecule has 144 valence electrons. The smallest absolute Gasteiger partial charge is 0.289 e. The number of halogens is 2. The maximum atomic E-state index is 12.2. The van der Waals surface area contributed by atoms with E-state index < -0.39 is 0 Å². The van der Waals surface area contributed by atoms with Crippen LogP contribution in [0.5, 0.6) is 0 Å². The Labute approximate surface area is 168 Å². The molecule has 3 rings (SSSR count). The Morgan fingerprint density at radius 1 is 1.11 bits per heavy atom. The summed E-state index contributed by atoms with van der Waals surface area (Å²) in [6.07, 6.45) is 2.14. The Morgan fingerprint density at radius 2 is 1.89 bits per heavy atom. The van der Waals surface area contributed by atoms with Crippen LogP contribution in [0.4, 0.5) is 0 Å². The van der Waals surface area contributed by atoms with Crippen molar-refractivity contribution in [3.63, 3.8) is 0 Å². The van der Waals surface area contributed by atoms with Crippen molar-refractivity contribution in [3.8, 4) is 0 Å². The van der Waals surface area contributed by atoms with Gasteiger partial charge in [-0.3, -0.25) is 14.5 Å². The Kier molecular flexibility index (Phi) is 6.77. The molecule has 0 unspecified atom stereocenters. The summed E-state index contributed by atoms with van der Waals surface area (Å²) in [5.74, 6) is 0.205. The van der Waals surface area contributed by atoms with Gasteiger partial charge in [-0.2, -0.15) is 0 Å². The third kappa shape index (κ3) is 5.48. The summed E-state index contributed by atoms with van der Waals surface area (Å²) in [7, 11) is 0. The van der Waals surface area contributed by atoms with Gasteiger partial charge >= 0.3 is 0 Å². The van der Waals surface area contributed by atoms with Gasteiger partial charge in [0, 0.05) is 42.8 Å². The molecule has 1 aliphatic rings. The number of rotatable bonds is 6. The Bertz CT molecular complexity index is 788. The summed E-state index contributed by atoms with van der Waals surface area (Å²) in [5.41, 5.74) is 0.950. The van der Waals surface area contributed by atoms with Crippen LogP contribution in [-0.2, 0) is 11.2 Å². The van der Waals surface area contributed by atoms with Crippen LogP contribution in [0.3, 0.4) is 0 Å². The van der Waals surface area contributed by atoms with Crippen LogP contribution in [0.15, 0.2) is 41.0 Å². The van der Waals surface area contributed by atoms with Crippen LogP contribution in [0.25, 0.3) is 0 Å². The number of piperazine rings is 1. The zero-order valence-corrected chi connectivity index (χ0v) is 16.3. The molecule has 27 heavy (non-hydrogen) atoms. The Hall–Kier alpha value is -2.02. The van der Waals surface area contributed by atoms with E-state index in [1.165, 1.54) is 6.26 Å². The first-order valence-electron chi connectivity index (χ1n) is 8.78. The van der Waals surface area contributed by atoms with Crippen molar-refractivity contribution in [2.24, 2.45) is 0 Å². The number of hydrogen-bond donors (Lipinski definition) is 1. The zero-order valence-electron chi connectivity index (χ0n) is 14.8. The van der Waals surface area contributed by atoms with Crippen LogP contribution < -0.4 is 5.32 Å². The van der Waals surface area contributed by atoms with E-state index >= 15 is 0 Å². The van der Waals surface area contributed by atoms with E-state index in [0.29, 0.717) is 61.5 Å². The number of nitrogens with one attached hydrogen (secondary N) is 1. The third-order valence-electron chi connectivity index (χ3n) is 4.49. The lowest BCUT2D eigenvalue weighted by Crippen LogP contribution is -2.51. The predicted octanol–water partition coefficient (Wildman–Crippen LogP) is 2.70. The fourth-order valence-corrected chi connectivity index (χ4v) is 3.49. The van der Waals surface area contributed by atoms with Gasteiger partial charge in [-0.1, -0.05) is 29.3 Å². The van der Waals surface area contributed by atoms with Crippen molar-refractivity contribution in [2.75, 3.05) is 39.3 Å². The molecule has 2 heterocycles. The van der Waals surface area contributed by atoms with Gasteiger partial charge in [0.05, 0.1) is 12.8 Å². The van der Waals surface area contributed by atoms with Crippen LogP contribution in [-0.4, -0.2) is 60.9 Å². The lowest BCUT2D eigenvalue weighted by atomic mass is 10.1. The lowest BCUT2D eigenvalue weighted by Gasteiger charge is -2.33. The van der Waals surface area contributed by atoms with Crippen molar-refractivity contribution >= 4 is 35.0 Å². The summed E-state index contributed by atoms with van der Waals surface area (Å²) in [6.45, 7) is 3.29. The van der Waals surface area contributed by atoms with Crippen molar-refractivity contribution in [2.45, 2.75) is 6.42 Å². The molecule has 0 saturated carbocycles. The van der Waals surface area contributed by atoms with E-state index in [9.17, 15) is 9.59 Å². The van der Waals surface area contributed by atoms with E-state index in [2.05, 4.69) is 5.32 Å². The molecule has 2 aromatic rings. The molecular formula is C19H21Cl2N3O3. The Balaban J connectivity index is 1.37. The zero-order chi connectivity index (χ0) is 19.2. The second kappa shape index (κ2) is 9.26. The average molecular weight is 410 g/mol. The molecule has 1 aromatic heterocycles. The number of benzene rings is 1. The van der Waals surface area contributed by atoms with Crippen molar-refractivity contribution in [3.05, 3.63) is 58.0 Å². The van der Waals surface area contributed by atoms with Gasteiger partial charge in [-0.05, 0) is 36.2 Å². The fourth-order valence-electron chi connectivity index (χ4n) is 2.99. The van der Waals surface area contributed by atoms with Gasteiger partial charge in [-0.15, -0.1) is 0 Å². The lowest BCUT2D eigenvalue weighted by molar-refractivity contribution is -0.122. The molecule has 1 aromatic carbocycles. The molecule has 0 bridgehead atoms. The van der Waals surface area contributed by atoms with E-state index in [1.54, 1.807) is 29.2 Å². The number of furan rings is 1. The highest BCUT2D eigenvalue weighted by molar-refractivity contribution is 6.35.